The van der Waals surface area contributed by atoms with Gasteiger partial charge < -0.3 is 15.2 Å². The smallest absolute Gasteiger partial charge is 0.310 e. The van der Waals surface area contributed by atoms with Gasteiger partial charge in [0.05, 0.1) is 30.2 Å². The normalized spacial score (nSPS) is 15.8. The van der Waals surface area contributed by atoms with Crippen LogP contribution in [0.1, 0.15) is 23.6 Å². The van der Waals surface area contributed by atoms with Gasteiger partial charge >= 0.3 is 4.87 Å². The van der Waals surface area contributed by atoms with Crippen LogP contribution in [0, 0.1) is 0 Å². The number of fused-ring (bicyclic) bond motifs is 1. The number of methoxy groups -OCH3 is 1. The first-order chi connectivity index (χ1) is 13.5. The van der Waals surface area contributed by atoms with Crippen molar-refractivity contribution in [3.8, 4) is 10.8 Å². The number of nitrogens with zero attached hydrogens (tertiary/aromatic N) is 1. The van der Waals surface area contributed by atoms with Crippen molar-refractivity contribution in [2.75, 3.05) is 12.4 Å². The van der Waals surface area contributed by atoms with Crippen molar-refractivity contribution in [2.24, 2.45) is 4.99 Å². The van der Waals surface area contributed by atoms with Crippen LogP contribution in [0.3, 0.4) is 0 Å². The molecule has 4 rings (SSSR count). The van der Waals surface area contributed by atoms with E-state index in [9.17, 15) is 14.7 Å². The molecule has 3 aromatic rings. The molecular formula is C20H17N3O4S. The second kappa shape index (κ2) is 7.32. The van der Waals surface area contributed by atoms with E-state index in [0.29, 0.717) is 29.2 Å². The molecule has 1 unspecified atom stereocenters. The number of hydrogen-bond donors (Lipinski definition) is 3. The SMILES string of the molecule is COc1ccc(C2CC(c3c(O)sc(=O)[nH]c3=O)=Nc3ccccc3N2)cc1. The molecule has 0 saturated carbocycles. The van der Waals surface area contributed by atoms with E-state index in [4.69, 9.17) is 4.74 Å². The number of anilines is 1. The number of aliphatic imine (C=N–C) groups is 1. The summed E-state index contributed by atoms with van der Waals surface area (Å²) in [6, 6.07) is 14.9. The summed E-state index contributed by atoms with van der Waals surface area (Å²) < 4.78 is 5.22. The van der Waals surface area contributed by atoms with Gasteiger partial charge in [-0.1, -0.05) is 24.3 Å². The van der Waals surface area contributed by atoms with Crippen molar-refractivity contribution in [1.82, 2.24) is 4.98 Å². The van der Waals surface area contributed by atoms with Crippen molar-refractivity contribution in [2.45, 2.75) is 12.5 Å². The van der Waals surface area contributed by atoms with Gasteiger partial charge in [-0.2, -0.15) is 0 Å². The van der Waals surface area contributed by atoms with E-state index in [1.807, 2.05) is 48.5 Å². The van der Waals surface area contributed by atoms with E-state index in [2.05, 4.69) is 15.3 Å². The molecule has 1 aliphatic heterocycles. The molecule has 1 aromatic heterocycles. The average molecular weight is 395 g/mol. The topological polar surface area (TPSA) is 104 Å². The third-order valence-electron chi connectivity index (χ3n) is 4.54. The number of aromatic amines is 1. The molecule has 28 heavy (non-hydrogen) atoms. The Labute approximate surface area is 164 Å². The lowest BCUT2D eigenvalue weighted by atomic mass is 9.98. The summed E-state index contributed by atoms with van der Waals surface area (Å²) >= 11 is 0.583. The molecule has 0 aliphatic carbocycles. The molecule has 0 fully saturated rings. The van der Waals surface area contributed by atoms with E-state index in [-0.39, 0.29) is 16.7 Å². The molecule has 1 atom stereocenters. The highest BCUT2D eigenvalue weighted by Crippen LogP contribution is 2.36. The van der Waals surface area contributed by atoms with E-state index in [1.165, 1.54) is 0 Å². The number of hydrogen-bond acceptors (Lipinski definition) is 7. The van der Waals surface area contributed by atoms with E-state index >= 15 is 0 Å². The fourth-order valence-corrected chi connectivity index (χ4v) is 3.81. The molecule has 3 N–H and O–H groups in total. The molecular weight excluding hydrogens is 378 g/mol. The Morgan fingerprint density at radius 1 is 1.14 bits per heavy atom. The molecule has 8 heteroatoms. The predicted molar refractivity (Wildman–Crippen MR) is 109 cm³/mol. The highest BCUT2D eigenvalue weighted by Gasteiger charge is 2.25. The Bertz CT molecular complexity index is 1170. The Kier molecular flexibility index (Phi) is 4.70. The minimum atomic E-state index is -0.645. The first-order valence-electron chi connectivity index (χ1n) is 8.59. The van der Waals surface area contributed by atoms with E-state index < -0.39 is 10.4 Å². The summed E-state index contributed by atoms with van der Waals surface area (Å²) in [5.41, 5.74) is 2.25. The third-order valence-corrected chi connectivity index (χ3v) is 5.22. The molecule has 0 radical (unpaired) electrons. The highest BCUT2D eigenvalue weighted by atomic mass is 32.1. The molecule has 0 bridgehead atoms. The highest BCUT2D eigenvalue weighted by molar-refractivity contribution is 7.11. The van der Waals surface area contributed by atoms with Crippen molar-refractivity contribution >= 4 is 28.4 Å². The minimum absolute atomic E-state index is 0.0293. The fourth-order valence-electron chi connectivity index (χ4n) is 3.18. The number of ether oxygens (including phenoxy) is 1. The lowest BCUT2D eigenvalue weighted by molar-refractivity contribution is 0.414. The summed E-state index contributed by atoms with van der Waals surface area (Å²) in [5.74, 6) is 0.744. The summed E-state index contributed by atoms with van der Waals surface area (Å²) in [4.78, 5) is 30.1. The van der Waals surface area contributed by atoms with Crippen LogP contribution in [0.15, 0.2) is 63.1 Å². The number of para-hydroxylation sites is 2. The van der Waals surface area contributed by atoms with Gasteiger partial charge in [0.15, 0.2) is 5.06 Å². The van der Waals surface area contributed by atoms with Gasteiger partial charge in [-0.25, -0.2) is 0 Å². The number of aromatic nitrogens is 1. The van der Waals surface area contributed by atoms with Crippen LogP contribution >= 0.6 is 11.3 Å². The zero-order chi connectivity index (χ0) is 19.7. The molecule has 2 aromatic carbocycles. The maximum absolute atomic E-state index is 12.4. The van der Waals surface area contributed by atoms with Gasteiger partial charge in [-0.15, -0.1) is 0 Å². The lowest BCUT2D eigenvalue weighted by Crippen LogP contribution is -2.25. The van der Waals surface area contributed by atoms with Crippen LogP contribution in [-0.4, -0.2) is 22.9 Å². The second-order valence-electron chi connectivity index (χ2n) is 6.27. The van der Waals surface area contributed by atoms with Crippen molar-refractivity contribution in [3.63, 3.8) is 0 Å². The van der Waals surface area contributed by atoms with Crippen LogP contribution in [0.2, 0.25) is 0 Å². The Morgan fingerprint density at radius 3 is 2.61 bits per heavy atom. The number of nitrogens with one attached hydrogen (secondary N) is 2. The molecule has 142 valence electrons. The van der Waals surface area contributed by atoms with Crippen LogP contribution < -0.4 is 20.5 Å². The zero-order valence-electron chi connectivity index (χ0n) is 14.9. The maximum atomic E-state index is 12.4. The molecule has 0 amide bonds. The predicted octanol–water partition coefficient (Wildman–Crippen LogP) is 3.19. The summed E-state index contributed by atoms with van der Waals surface area (Å²) in [6.45, 7) is 0. The van der Waals surface area contributed by atoms with Gasteiger partial charge in [-0.3, -0.25) is 19.6 Å². The lowest BCUT2D eigenvalue weighted by Gasteiger charge is -2.19. The molecule has 0 saturated heterocycles. The minimum Gasteiger partial charge on any atom is -0.499 e. The van der Waals surface area contributed by atoms with Crippen LogP contribution in [0.5, 0.6) is 10.8 Å². The fraction of sp³-hybridized carbons (Fsp3) is 0.150. The first-order valence-corrected chi connectivity index (χ1v) is 9.40. The maximum Gasteiger partial charge on any atom is 0.310 e. The largest absolute Gasteiger partial charge is 0.499 e. The summed E-state index contributed by atoms with van der Waals surface area (Å²) in [7, 11) is 1.61. The number of benzene rings is 2. The van der Waals surface area contributed by atoms with Gasteiger partial charge in [-0.05, 0) is 41.2 Å². The van der Waals surface area contributed by atoms with Crippen molar-refractivity contribution in [1.29, 1.82) is 0 Å². The monoisotopic (exact) mass is 395 g/mol. The van der Waals surface area contributed by atoms with Crippen molar-refractivity contribution < 1.29 is 9.84 Å². The van der Waals surface area contributed by atoms with E-state index in [1.54, 1.807) is 7.11 Å². The van der Waals surface area contributed by atoms with Gasteiger partial charge in [0.1, 0.15) is 11.3 Å². The van der Waals surface area contributed by atoms with Crippen LogP contribution in [-0.2, 0) is 0 Å². The summed E-state index contributed by atoms with van der Waals surface area (Å²) in [5, 5.41) is 13.4. The quantitative estimate of drug-likeness (QED) is 0.632. The number of H-pyrrole nitrogens is 1. The third kappa shape index (κ3) is 3.41. The van der Waals surface area contributed by atoms with Crippen molar-refractivity contribution in [3.05, 3.63) is 79.7 Å². The number of aromatic hydroxyl groups is 1. The van der Waals surface area contributed by atoms with Gasteiger partial charge in [0, 0.05) is 6.42 Å². The average Bonchev–Trinajstić information content (AvgIpc) is 2.87. The molecule has 7 nitrogen and oxygen atoms in total. The van der Waals surface area contributed by atoms with Crippen LogP contribution in [0.4, 0.5) is 11.4 Å². The zero-order valence-corrected chi connectivity index (χ0v) is 15.7. The Hall–Kier alpha value is -3.39. The Balaban J connectivity index is 1.84. The van der Waals surface area contributed by atoms with Crippen LogP contribution in [0.25, 0.3) is 0 Å². The van der Waals surface area contributed by atoms with Gasteiger partial charge in [0.25, 0.3) is 5.56 Å². The second-order valence-corrected chi connectivity index (χ2v) is 7.24. The van der Waals surface area contributed by atoms with Gasteiger partial charge in [0.2, 0.25) is 0 Å². The molecule has 1 aliphatic rings. The standard InChI is InChI=1S/C20H17N3O4S/c1-27-12-8-6-11(7-9-12)15-10-16(17-18(24)23-20(26)28-19(17)25)22-14-5-3-2-4-13(14)21-15/h2-9,15,21,25H,10H2,1H3,(H,23,24,26). The summed E-state index contributed by atoms with van der Waals surface area (Å²) in [6.07, 6.45) is 0.350. The molecule has 2 heterocycles. The first kappa shape index (κ1) is 18.0. The number of rotatable bonds is 3. The van der Waals surface area contributed by atoms with E-state index in [0.717, 1.165) is 17.0 Å². The molecule has 0 spiro atoms. The Morgan fingerprint density at radius 2 is 1.89 bits per heavy atom.